The van der Waals surface area contributed by atoms with Gasteiger partial charge in [-0.25, -0.2) is 4.68 Å². The second-order valence-electron chi connectivity index (χ2n) is 12.6. The fourth-order valence-electron chi connectivity index (χ4n) is 6.71. The number of anilines is 1. The van der Waals surface area contributed by atoms with Crippen LogP contribution in [0.25, 0.3) is 16.6 Å². The highest BCUT2D eigenvalue weighted by molar-refractivity contribution is 6.07. The molecule has 6 aromatic rings. The fourth-order valence-corrected chi connectivity index (χ4v) is 6.71. The number of nitrogens with zero attached hydrogens (tertiary/aromatic N) is 5. The molecule has 3 heterocycles. The van der Waals surface area contributed by atoms with Crippen LogP contribution in [0.4, 0.5) is 5.69 Å². The van der Waals surface area contributed by atoms with Crippen LogP contribution >= 0.6 is 0 Å². The Labute approximate surface area is 288 Å². The zero-order valence-electron chi connectivity index (χ0n) is 27.8. The monoisotopic (exact) mass is 670 g/mol. The van der Waals surface area contributed by atoms with Gasteiger partial charge in [0, 0.05) is 24.2 Å². The average molecular weight is 671 g/mol. The van der Waals surface area contributed by atoms with Crippen LogP contribution in [0.2, 0.25) is 0 Å². The lowest BCUT2D eigenvalue weighted by molar-refractivity contribution is -0.139. The summed E-state index contributed by atoms with van der Waals surface area (Å²) >= 11 is 0. The summed E-state index contributed by atoms with van der Waals surface area (Å²) < 4.78 is 8.70. The molecular formula is C39H38N6O5. The number of fused-ring (bicyclic) bond motifs is 2. The molecule has 1 amide bonds. The van der Waals surface area contributed by atoms with Crippen molar-refractivity contribution >= 4 is 22.5 Å². The third kappa shape index (κ3) is 5.90. The molecule has 0 radical (unpaired) electrons. The molecule has 0 spiro atoms. The topological polar surface area (TPSA) is 138 Å². The summed E-state index contributed by atoms with van der Waals surface area (Å²) in [5.41, 5.74) is 2.89. The number of hydrogen-bond donors (Lipinski definition) is 3. The average Bonchev–Trinajstić information content (AvgIpc) is 3.81. The first-order chi connectivity index (χ1) is 24.3. The molecule has 4 aromatic carbocycles. The Hall–Kier alpha value is -5.78. The highest BCUT2D eigenvalue weighted by atomic mass is 16.5. The Morgan fingerprint density at radius 1 is 0.980 bits per heavy atom. The van der Waals surface area contributed by atoms with Crippen molar-refractivity contribution in [2.24, 2.45) is 5.92 Å². The molecule has 11 heteroatoms. The standard InChI is InChI=1S/C39H38N6O5/c1-26(11-8-9-20-43-24-35(40-42-43)32(25-46)28-13-4-3-5-14-28)39(49)33-22-30(50-2)18-19-36(33)44(38(39)48)23-27-12-10-15-29(21-27)45-37(47)31-16-6-7-17-34(31)41-45/h3-8,10-19,21-22,24,26,32,41,46,49H,9,20,23,25H2,1-2H3/b11-8+/t26-,32?,39+/m0/s1. The van der Waals surface area contributed by atoms with Crippen molar-refractivity contribution in [1.29, 1.82) is 0 Å². The molecule has 0 saturated carbocycles. The van der Waals surface area contributed by atoms with E-state index < -0.39 is 17.4 Å². The Morgan fingerprint density at radius 2 is 1.78 bits per heavy atom. The number of carbonyl (C=O) groups is 1. The van der Waals surface area contributed by atoms with Gasteiger partial charge < -0.3 is 19.8 Å². The first-order valence-electron chi connectivity index (χ1n) is 16.6. The van der Waals surface area contributed by atoms with E-state index in [2.05, 4.69) is 15.4 Å². The number of aliphatic hydroxyl groups is 2. The summed E-state index contributed by atoms with van der Waals surface area (Å²) in [5.74, 6) is -0.748. The second kappa shape index (κ2) is 13.6. The van der Waals surface area contributed by atoms with Gasteiger partial charge in [-0.15, -0.1) is 5.10 Å². The minimum absolute atomic E-state index is 0.0778. The fraction of sp³-hybridized carbons (Fsp3) is 0.231. The number of H-pyrrole nitrogens is 1. The SMILES string of the molecule is COc1ccc2c(c1)[C@](O)([C@@H](C)/C=C/CCn1cc(C(CO)c3ccccc3)nn1)C(=O)N2Cc1cccc(-n2[nH]c3ccccc3c2=O)c1. The number of aromatic nitrogens is 5. The number of amides is 1. The number of rotatable bonds is 12. The third-order valence-corrected chi connectivity index (χ3v) is 9.49. The lowest BCUT2D eigenvalue weighted by Crippen LogP contribution is -2.44. The number of benzene rings is 4. The largest absolute Gasteiger partial charge is 0.497 e. The van der Waals surface area contributed by atoms with Gasteiger partial charge in [-0.05, 0) is 60.0 Å². The molecule has 11 nitrogen and oxygen atoms in total. The van der Waals surface area contributed by atoms with E-state index in [4.69, 9.17) is 4.74 Å². The number of aromatic amines is 1. The van der Waals surface area contributed by atoms with Crippen molar-refractivity contribution < 1.29 is 19.7 Å². The van der Waals surface area contributed by atoms with Gasteiger partial charge in [0.25, 0.3) is 11.5 Å². The van der Waals surface area contributed by atoms with E-state index in [9.17, 15) is 19.8 Å². The number of aliphatic hydroxyl groups excluding tert-OH is 1. The van der Waals surface area contributed by atoms with Crippen molar-refractivity contribution in [3.8, 4) is 11.4 Å². The molecular weight excluding hydrogens is 632 g/mol. The highest BCUT2D eigenvalue weighted by Crippen LogP contribution is 2.47. The van der Waals surface area contributed by atoms with Gasteiger partial charge >= 0.3 is 0 Å². The molecule has 254 valence electrons. The lowest BCUT2D eigenvalue weighted by atomic mass is 9.83. The van der Waals surface area contributed by atoms with E-state index in [0.717, 1.165) is 16.6 Å². The number of carbonyl (C=O) groups excluding carboxylic acids is 1. The Kier molecular flexibility index (Phi) is 8.92. The van der Waals surface area contributed by atoms with Crippen molar-refractivity contribution in [3.05, 3.63) is 148 Å². The number of ether oxygens (including phenoxy) is 1. The van der Waals surface area contributed by atoms with Crippen molar-refractivity contribution in [3.63, 3.8) is 0 Å². The molecule has 0 aliphatic carbocycles. The van der Waals surface area contributed by atoms with Crippen LogP contribution in [0.1, 0.15) is 41.6 Å². The minimum atomic E-state index is -1.84. The Morgan fingerprint density at radius 3 is 2.56 bits per heavy atom. The van der Waals surface area contributed by atoms with Crippen LogP contribution in [0, 0.1) is 5.92 Å². The van der Waals surface area contributed by atoms with E-state index in [-0.39, 0.29) is 24.6 Å². The smallest absolute Gasteiger partial charge is 0.279 e. The van der Waals surface area contributed by atoms with Gasteiger partial charge in [-0.3, -0.25) is 19.4 Å². The predicted octanol–water partition coefficient (Wildman–Crippen LogP) is 5.06. The summed E-state index contributed by atoms with van der Waals surface area (Å²) in [7, 11) is 1.55. The highest BCUT2D eigenvalue weighted by Gasteiger charge is 2.52. The number of allylic oxidation sites excluding steroid dienone is 1. The van der Waals surface area contributed by atoms with Crippen molar-refractivity contribution in [2.45, 2.75) is 38.0 Å². The van der Waals surface area contributed by atoms with E-state index in [0.29, 0.717) is 46.7 Å². The minimum Gasteiger partial charge on any atom is -0.497 e. The van der Waals surface area contributed by atoms with Gasteiger partial charge in [-0.1, -0.05) is 78.9 Å². The number of nitrogens with one attached hydrogen (secondary N) is 1. The first-order valence-corrected chi connectivity index (χ1v) is 16.6. The lowest BCUT2D eigenvalue weighted by Gasteiger charge is -2.28. The normalized spacial score (nSPS) is 17.0. The molecule has 1 aliphatic rings. The molecule has 0 bridgehead atoms. The third-order valence-electron chi connectivity index (χ3n) is 9.49. The Balaban J connectivity index is 1.09. The van der Waals surface area contributed by atoms with Gasteiger partial charge in [0.1, 0.15) is 5.75 Å². The van der Waals surface area contributed by atoms with Crippen LogP contribution in [-0.4, -0.2) is 54.6 Å². The van der Waals surface area contributed by atoms with Crippen molar-refractivity contribution in [2.75, 3.05) is 18.6 Å². The number of para-hydroxylation sites is 1. The van der Waals surface area contributed by atoms with Crippen molar-refractivity contribution in [1.82, 2.24) is 24.8 Å². The Bertz CT molecular complexity index is 2240. The first kappa shape index (κ1) is 32.8. The summed E-state index contributed by atoms with van der Waals surface area (Å²) in [6.07, 6.45) is 6.21. The molecule has 7 rings (SSSR count). The predicted molar refractivity (Wildman–Crippen MR) is 190 cm³/mol. The number of methoxy groups -OCH3 is 1. The van der Waals surface area contributed by atoms with Crippen LogP contribution < -0.4 is 15.2 Å². The molecule has 3 N–H and O–H groups in total. The molecule has 3 atom stereocenters. The van der Waals surface area contributed by atoms with Gasteiger partial charge in [-0.2, -0.15) is 0 Å². The van der Waals surface area contributed by atoms with E-state index in [1.54, 1.807) is 41.0 Å². The van der Waals surface area contributed by atoms with Crippen LogP contribution in [0.5, 0.6) is 5.75 Å². The van der Waals surface area contributed by atoms with E-state index in [1.807, 2.05) is 98.1 Å². The van der Waals surface area contributed by atoms with Gasteiger partial charge in [0.05, 0.1) is 54.2 Å². The van der Waals surface area contributed by atoms with E-state index >= 15 is 0 Å². The van der Waals surface area contributed by atoms with E-state index in [1.165, 1.54) is 4.68 Å². The zero-order valence-corrected chi connectivity index (χ0v) is 27.8. The molecule has 1 aliphatic heterocycles. The molecule has 50 heavy (non-hydrogen) atoms. The molecule has 2 aromatic heterocycles. The maximum Gasteiger partial charge on any atom is 0.279 e. The maximum atomic E-state index is 14.2. The summed E-state index contributed by atoms with van der Waals surface area (Å²) in [5, 5.41) is 34.5. The number of hydrogen-bond acceptors (Lipinski definition) is 7. The summed E-state index contributed by atoms with van der Waals surface area (Å²) in [4.78, 5) is 28.9. The van der Waals surface area contributed by atoms with Gasteiger partial charge in [0.15, 0.2) is 5.60 Å². The zero-order chi connectivity index (χ0) is 34.8. The van der Waals surface area contributed by atoms with Crippen LogP contribution in [0.15, 0.2) is 120 Å². The van der Waals surface area contributed by atoms with Crippen LogP contribution in [0.3, 0.4) is 0 Å². The molecule has 0 saturated heterocycles. The number of aryl methyl sites for hydroxylation is 1. The summed E-state index contributed by atoms with van der Waals surface area (Å²) in [6, 6.07) is 29.8. The second-order valence-corrected chi connectivity index (χ2v) is 12.6. The summed E-state index contributed by atoms with van der Waals surface area (Å²) in [6.45, 7) is 2.46. The maximum absolute atomic E-state index is 14.2. The molecule has 0 fully saturated rings. The quantitative estimate of drug-likeness (QED) is 0.155. The van der Waals surface area contributed by atoms with Crippen LogP contribution in [-0.2, 0) is 23.5 Å². The van der Waals surface area contributed by atoms with Gasteiger partial charge in [0.2, 0.25) is 0 Å². The molecule has 1 unspecified atom stereocenters.